The van der Waals surface area contributed by atoms with E-state index in [2.05, 4.69) is 92.9 Å². The summed E-state index contributed by atoms with van der Waals surface area (Å²) in [6.45, 7) is 23.6. The molecule has 2 aromatic rings. The maximum absolute atomic E-state index is 14.5. The van der Waals surface area contributed by atoms with Gasteiger partial charge in [0, 0.05) is 24.0 Å². The summed E-state index contributed by atoms with van der Waals surface area (Å²) in [5, 5.41) is 7.38. The molecule has 2 aromatic carbocycles. The quantitative estimate of drug-likeness (QED) is 0.0741. The smallest absolute Gasteiger partial charge is 0.325 e. The minimum absolute atomic E-state index is 0.00792. The van der Waals surface area contributed by atoms with E-state index in [1.54, 1.807) is 0 Å². The predicted molar refractivity (Wildman–Crippen MR) is 202 cm³/mol. The van der Waals surface area contributed by atoms with Gasteiger partial charge in [0.05, 0.1) is 44.5 Å². The van der Waals surface area contributed by atoms with Crippen LogP contribution in [0.25, 0.3) is 10.4 Å². The molecule has 6 atom stereocenters. The van der Waals surface area contributed by atoms with Crippen molar-refractivity contribution in [1.82, 2.24) is 15.1 Å². The molecular formula is C37H58N6O5Si2. The van der Waals surface area contributed by atoms with E-state index in [4.69, 9.17) is 13.6 Å². The molecule has 0 radical (unpaired) electrons. The summed E-state index contributed by atoms with van der Waals surface area (Å²) in [6, 6.07) is 16.7. The van der Waals surface area contributed by atoms with Crippen molar-refractivity contribution in [3.8, 4) is 0 Å². The van der Waals surface area contributed by atoms with Gasteiger partial charge in [0.25, 0.3) is 0 Å². The third-order valence-electron chi connectivity index (χ3n) is 11.5. The molecule has 0 bridgehead atoms. The van der Waals surface area contributed by atoms with Crippen LogP contribution < -0.4 is 5.32 Å². The monoisotopic (exact) mass is 722 g/mol. The fraction of sp³-hybridized carbons (Fsp3) is 0.622. The lowest BCUT2D eigenvalue weighted by atomic mass is 9.82. The first-order valence-electron chi connectivity index (χ1n) is 17.6. The largest absolute Gasteiger partial charge is 0.468 e. The summed E-state index contributed by atoms with van der Waals surface area (Å²) in [5.41, 5.74) is 11.7. The number of amides is 1. The van der Waals surface area contributed by atoms with Gasteiger partial charge in [0.1, 0.15) is 6.04 Å². The first-order chi connectivity index (χ1) is 23.3. The van der Waals surface area contributed by atoms with Gasteiger partial charge in [-0.15, -0.1) is 0 Å². The van der Waals surface area contributed by atoms with Crippen molar-refractivity contribution in [2.45, 2.75) is 127 Å². The molecule has 50 heavy (non-hydrogen) atoms. The molecule has 1 N–H and O–H groups in total. The SMILES string of the molecule is COC(=O)C1C(NC(=O)C2C(N=[N+]=[N-])C(CO[Si](C)(C)C(C)(C)C)N2Cc2ccccc2)C(CO[Si](C)(C)C(C)(C)C)N1Cc1ccccc1. The summed E-state index contributed by atoms with van der Waals surface area (Å²) in [4.78, 5) is 35.2. The molecule has 0 saturated carbocycles. The number of benzene rings is 2. The van der Waals surface area contributed by atoms with Crippen molar-refractivity contribution in [1.29, 1.82) is 0 Å². The molecule has 274 valence electrons. The second-order valence-electron chi connectivity index (χ2n) is 16.7. The van der Waals surface area contributed by atoms with Gasteiger partial charge in [-0.1, -0.05) is 107 Å². The normalized spacial score (nSPS) is 24.8. The highest BCUT2D eigenvalue weighted by Gasteiger charge is 2.58. The maximum atomic E-state index is 14.5. The molecule has 2 fully saturated rings. The van der Waals surface area contributed by atoms with Gasteiger partial charge < -0.3 is 18.9 Å². The zero-order valence-corrected chi connectivity index (χ0v) is 33.8. The molecule has 6 unspecified atom stereocenters. The number of azide groups is 1. The summed E-state index contributed by atoms with van der Waals surface area (Å²) in [5.74, 6) is -0.714. The molecule has 11 nitrogen and oxygen atoms in total. The van der Waals surface area contributed by atoms with Crippen LogP contribution in [0.15, 0.2) is 65.8 Å². The van der Waals surface area contributed by atoms with Gasteiger partial charge >= 0.3 is 5.97 Å². The van der Waals surface area contributed by atoms with Crippen molar-refractivity contribution in [3.63, 3.8) is 0 Å². The first kappa shape index (κ1) is 39.7. The van der Waals surface area contributed by atoms with Gasteiger partial charge in [-0.3, -0.25) is 19.4 Å². The van der Waals surface area contributed by atoms with Gasteiger partial charge in [0.15, 0.2) is 16.6 Å². The molecule has 0 aliphatic carbocycles. The number of methoxy groups -OCH3 is 1. The lowest BCUT2D eigenvalue weighted by Gasteiger charge is -2.57. The fourth-order valence-electron chi connectivity index (χ4n) is 6.20. The standard InChI is InChI=1S/C37H58N6O5Si2/c1-36(2,3)49(8,9)47-24-28-30(33(35(45)46-7)43(28)23-27-20-16-13-17-21-27)39-34(44)32-31(40-41-38)29(25-48-50(10,11)37(4,5)6)42(32)22-26-18-14-12-15-19-26/h12-21,28-33H,22-25H2,1-11H3,(H,39,44). The first-order valence-corrected chi connectivity index (χ1v) is 23.4. The molecule has 2 aliphatic heterocycles. The lowest BCUT2D eigenvalue weighted by Crippen LogP contribution is -2.79. The molecule has 0 aromatic heterocycles. The Labute approximate surface area is 300 Å². The van der Waals surface area contributed by atoms with Crippen LogP contribution in [0.3, 0.4) is 0 Å². The highest BCUT2D eigenvalue weighted by atomic mass is 28.4. The van der Waals surface area contributed by atoms with Crippen LogP contribution in [0.4, 0.5) is 0 Å². The fourth-order valence-corrected chi connectivity index (χ4v) is 8.24. The third kappa shape index (κ3) is 8.70. The second kappa shape index (κ2) is 15.7. The average Bonchev–Trinajstić information content (AvgIpc) is 3.03. The van der Waals surface area contributed by atoms with Gasteiger partial charge in [-0.25, -0.2) is 0 Å². The number of esters is 1. The Morgan fingerprint density at radius 2 is 1.22 bits per heavy atom. The van der Waals surface area contributed by atoms with E-state index in [1.807, 2.05) is 60.7 Å². The summed E-state index contributed by atoms with van der Waals surface area (Å²) in [7, 11) is -2.93. The number of hydrogen-bond acceptors (Lipinski definition) is 8. The number of nitrogens with zero attached hydrogens (tertiary/aromatic N) is 5. The van der Waals surface area contributed by atoms with Gasteiger partial charge in [-0.05, 0) is 52.9 Å². The minimum Gasteiger partial charge on any atom is -0.468 e. The third-order valence-corrected chi connectivity index (χ3v) is 20.5. The summed E-state index contributed by atoms with van der Waals surface area (Å²) < 4.78 is 18.6. The Morgan fingerprint density at radius 1 is 0.780 bits per heavy atom. The lowest BCUT2D eigenvalue weighted by molar-refractivity contribution is -0.165. The predicted octanol–water partition coefficient (Wildman–Crippen LogP) is 6.87. The molecule has 4 rings (SSSR count). The van der Waals surface area contributed by atoms with E-state index in [0.29, 0.717) is 26.3 Å². The topological polar surface area (TPSA) is 129 Å². The van der Waals surface area contributed by atoms with Gasteiger partial charge in [-0.2, -0.15) is 0 Å². The molecule has 13 heteroatoms. The summed E-state index contributed by atoms with van der Waals surface area (Å²) >= 11 is 0. The maximum Gasteiger partial charge on any atom is 0.325 e. The van der Waals surface area contributed by atoms with E-state index in [1.165, 1.54) is 7.11 Å². The van der Waals surface area contributed by atoms with Crippen molar-refractivity contribution >= 4 is 28.5 Å². The number of carbonyl (C=O) groups excluding carboxylic acids is 2. The Kier molecular flexibility index (Phi) is 12.5. The van der Waals surface area contributed by atoms with Crippen LogP contribution in [0, 0.1) is 0 Å². The van der Waals surface area contributed by atoms with Crippen LogP contribution in [-0.4, -0.2) is 94.9 Å². The summed E-state index contributed by atoms with van der Waals surface area (Å²) in [6.07, 6.45) is 0. The van der Waals surface area contributed by atoms with Crippen molar-refractivity contribution in [2.75, 3.05) is 20.3 Å². The Hall–Kier alpha value is -3.04. The van der Waals surface area contributed by atoms with E-state index in [0.717, 1.165) is 11.1 Å². The number of carbonyl (C=O) groups is 2. The van der Waals surface area contributed by atoms with Crippen LogP contribution in [-0.2, 0) is 36.3 Å². The van der Waals surface area contributed by atoms with E-state index < -0.39 is 46.8 Å². The molecule has 2 saturated heterocycles. The highest BCUT2D eigenvalue weighted by molar-refractivity contribution is 6.74. The Morgan fingerprint density at radius 3 is 1.64 bits per heavy atom. The molecule has 1 amide bonds. The number of ether oxygens (including phenoxy) is 1. The minimum atomic E-state index is -2.17. The molecular weight excluding hydrogens is 665 g/mol. The number of hydrogen-bond donors (Lipinski definition) is 1. The van der Waals surface area contributed by atoms with Crippen molar-refractivity contribution < 1.29 is 23.2 Å². The second-order valence-corrected chi connectivity index (χ2v) is 26.4. The van der Waals surface area contributed by atoms with Crippen molar-refractivity contribution in [3.05, 3.63) is 82.2 Å². The average molecular weight is 723 g/mol. The highest BCUT2D eigenvalue weighted by Crippen LogP contribution is 2.41. The molecule has 2 aliphatic rings. The molecule has 0 spiro atoms. The number of rotatable bonds is 14. The Balaban J connectivity index is 1.65. The van der Waals surface area contributed by atoms with E-state index in [-0.39, 0.29) is 28.1 Å². The van der Waals surface area contributed by atoms with Gasteiger partial charge in [0.2, 0.25) is 5.91 Å². The zero-order valence-electron chi connectivity index (χ0n) is 31.8. The molecule has 2 heterocycles. The van der Waals surface area contributed by atoms with Crippen LogP contribution >= 0.6 is 0 Å². The van der Waals surface area contributed by atoms with Crippen LogP contribution in [0.2, 0.25) is 36.3 Å². The Bertz CT molecular complexity index is 1510. The van der Waals surface area contributed by atoms with Crippen LogP contribution in [0.5, 0.6) is 0 Å². The van der Waals surface area contributed by atoms with Crippen molar-refractivity contribution in [2.24, 2.45) is 5.11 Å². The van der Waals surface area contributed by atoms with E-state index in [9.17, 15) is 15.1 Å². The zero-order chi connectivity index (χ0) is 37.1. The number of nitrogens with one attached hydrogen (secondary N) is 1. The number of likely N-dealkylation sites (tertiary alicyclic amines) is 2. The van der Waals surface area contributed by atoms with Crippen LogP contribution in [0.1, 0.15) is 52.7 Å². The van der Waals surface area contributed by atoms with E-state index >= 15 is 0 Å².